The molecular weight excluding hydrogens is 308 g/mol. The van der Waals surface area contributed by atoms with Crippen LogP contribution in [0.2, 0.25) is 0 Å². The summed E-state index contributed by atoms with van der Waals surface area (Å²) in [7, 11) is 0. The number of nitrogens with one attached hydrogen (secondary N) is 1. The van der Waals surface area contributed by atoms with Crippen LogP contribution in [0.1, 0.15) is 18.1 Å². The molecule has 1 amide bonds. The van der Waals surface area contributed by atoms with Crippen LogP contribution in [0.5, 0.6) is 0 Å². The Kier molecular flexibility index (Phi) is 5.44. The van der Waals surface area contributed by atoms with E-state index in [0.717, 1.165) is 0 Å². The van der Waals surface area contributed by atoms with E-state index in [0.29, 0.717) is 11.1 Å². The lowest BCUT2D eigenvalue weighted by Crippen LogP contribution is -2.37. The Morgan fingerprint density at radius 1 is 1.21 bits per heavy atom. The van der Waals surface area contributed by atoms with Gasteiger partial charge in [0.15, 0.2) is 0 Å². The van der Waals surface area contributed by atoms with Crippen LogP contribution in [-0.2, 0) is 10.4 Å². The number of hydrogen-bond acceptors (Lipinski definition) is 4. The Bertz CT molecular complexity index is 755. The van der Waals surface area contributed by atoms with E-state index in [-0.39, 0.29) is 12.2 Å². The summed E-state index contributed by atoms with van der Waals surface area (Å²) in [5.74, 6) is -0.440. The molecule has 0 saturated carbocycles. The number of carbonyl (C=O) groups is 1. The third kappa shape index (κ3) is 4.50. The van der Waals surface area contributed by atoms with E-state index in [1.54, 1.807) is 49.4 Å². The molecule has 0 saturated heterocycles. The maximum atomic E-state index is 11.9. The highest BCUT2D eigenvalue weighted by Crippen LogP contribution is 2.20. The summed E-state index contributed by atoms with van der Waals surface area (Å²) in [6.45, 7) is 1.63. The van der Waals surface area contributed by atoms with Crippen LogP contribution in [0.15, 0.2) is 60.7 Å². The molecule has 124 valence electrons. The number of nitro benzene ring substituents is 1. The maximum Gasteiger partial charge on any atom is 0.276 e. The van der Waals surface area contributed by atoms with Gasteiger partial charge in [-0.3, -0.25) is 14.9 Å². The molecule has 1 unspecified atom stereocenters. The monoisotopic (exact) mass is 326 g/mol. The Labute approximate surface area is 139 Å². The van der Waals surface area contributed by atoms with E-state index in [9.17, 15) is 20.0 Å². The summed E-state index contributed by atoms with van der Waals surface area (Å²) < 4.78 is 0. The van der Waals surface area contributed by atoms with E-state index in [2.05, 4.69) is 5.32 Å². The highest BCUT2D eigenvalue weighted by molar-refractivity contribution is 5.92. The molecule has 0 aliphatic rings. The molecule has 2 N–H and O–H groups in total. The molecule has 2 aromatic rings. The number of benzene rings is 2. The number of hydrogen-bond donors (Lipinski definition) is 2. The van der Waals surface area contributed by atoms with Gasteiger partial charge in [-0.2, -0.15) is 0 Å². The largest absolute Gasteiger partial charge is 0.384 e. The third-order valence-corrected chi connectivity index (χ3v) is 3.55. The smallest absolute Gasteiger partial charge is 0.276 e. The van der Waals surface area contributed by atoms with Crippen LogP contribution < -0.4 is 5.32 Å². The topological polar surface area (TPSA) is 92.5 Å². The molecule has 0 aromatic heterocycles. The summed E-state index contributed by atoms with van der Waals surface area (Å²) >= 11 is 0. The van der Waals surface area contributed by atoms with Crippen LogP contribution >= 0.6 is 0 Å². The lowest BCUT2D eigenvalue weighted by atomic mass is 9.96. The van der Waals surface area contributed by atoms with Crippen LogP contribution in [0.4, 0.5) is 5.69 Å². The van der Waals surface area contributed by atoms with E-state index in [1.807, 2.05) is 6.07 Å². The zero-order valence-electron chi connectivity index (χ0n) is 13.2. The molecule has 0 spiro atoms. The van der Waals surface area contributed by atoms with Crippen molar-refractivity contribution in [2.75, 3.05) is 6.54 Å². The molecule has 0 fully saturated rings. The van der Waals surface area contributed by atoms with Crippen LogP contribution in [-0.4, -0.2) is 22.5 Å². The Balaban J connectivity index is 2.00. The predicted molar refractivity (Wildman–Crippen MR) is 91.2 cm³/mol. The average molecular weight is 326 g/mol. The Morgan fingerprint density at radius 2 is 1.83 bits per heavy atom. The SMILES string of the molecule is CC(O)(CNC(=O)C=Cc1ccccc1[N+](=O)[O-])c1ccccc1. The molecular formula is C18H18N2O4. The predicted octanol–water partition coefficient (Wildman–Crippen LogP) is 2.63. The number of amides is 1. The molecule has 6 heteroatoms. The first-order chi connectivity index (χ1) is 11.4. The first kappa shape index (κ1) is 17.4. The fraction of sp³-hybridized carbons (Fsp3) is 0.167. The van der Waals surface area contributed by atoms with E-state index >= 15 is 0 Å². The summed E-state index contributed by atoms with van der Waals surface area (Å²) in [6, 6.07) is 15.1. The van der Waals surface area contributed by atoms with Gasteiger partial charge in [0.25, 0.3) is 5.69 Å². The molecule has 2 rings (SSSR count). The van der Waals surface area contributed by atoms with Crippen LogP contribution in [0.3, 0.4) is 0 Å². The summed E-state index contributed by atoms with van der Waals surface area (Å²) in [4.78, 5) is 22.3. The summed E-state index contributed by atoms with van der Waals surface area (Å²) in [5, 5.41) is 23.9. The van der Waals surface area contributed by atoms with Gasteiger partial charge in [-0.15, -0.1) is 0 Å². The van der Waals surface area contributed by atoms with E-state index in [4.69, 9.17) is 0 Å². The Hall–Kier alpha value is -2.99. The van der Waals surface area contributed by atoms with Crippen molar-refractivity contribution in [1.29, 1.82) is 0 Å². The second-order valence-corrected chi connectivity index (χ2v) is 5.51. The zero-order chi connectivity index (χ0) is 17.6. The fourth-order valence-electron chi connectivity index (χ4n) is 2.18. The van der Waals surface area contributed by atoms with E-state index < -0.39 is 16.4 Å². The van der Waals surface area contributed by atoms with Gasteiger partial charge in [-0.25, -0.2) is 0 Å². The van der Waals surface area contributed by atoms with Crippen molar-refractivity contribution in [2.45, 2.75) is 12.5 Å². The van der Waals surface area contributed by atoms with Crippen molar-refractivity contribution in [2.24, 2.45) is 0 Å². The van der Waals surface area contributed by atoms with Crippen LogP contribution in [0, 0.1) is 10.1 Å². The molecule has 0 bridgehead atoms. The maximum absolute atomic E-state index is 11.9. The second-order valence-electron chi connectivity index (χ2n) is 5.51. The fourth-order valence-corrected chi connectivity index (χ4v) is 2.18. The van der Waals surface area contributed by atoms with Gasteiger partial charge in [0, 0.05) is 12.1 Å². The minimum atomic E-state index is -1.20. The normalized spacial score (nSPS) is 13.4. The van der Waals surface area contributed by atoms with Crippen molar-refractivity contribution in [1.82, 2.24) is 5.32 Å². The summed E-state index contributed by atoms with van der Waals surface area (Å²) in [5.41, 5.74) is -0.248. The minimum Gasteiger partial charge on any atom is -0.384 e. The molecule has 0 heterocycles. The van der Waals surface area contributed by atoms with Gasteiger partial charge >= 0.3 is 0 Å². The highest BCUT2D eigenvalue weighted by Gasteiger charge is 2.23. The van der Waals surface area contributed by atoms with Crippen molar-refractivity contribution < 1.29 is 14.8 Å². The molecule has 0 aliphatic carbocycles. The van der Waals surface area contributed by atoms with Crippen molar-refractivity contribution >= 4 is 17.7 Å². The van der Waals surface area contributed by atoms with Gasteiger partial charge in [-0.1, -0.05) is 42.5 Å². The standard InChI is InChI=1S/C18H18N2O4/c1-18(22,15-8-3-2-4-9-15)13-19-17(21)12-11-14-7-5-6-10-16(14)20(23)24/h2-12,22H,13H2,1H3,(H,19,21). The molecule has 0 aliphatic heterocycles. The molecule has 6 nitrogen and oxygen atoms in total. The number of nitrogens with zero attached hydrogens (tertiary/aromatic N) is 1. The van der Waals surface area contributed by atoms with E-state index in [1.165, 1.54) is 18.2 Å². The Morgan fingerprint density at radius 3 is 2.50 bits per heavy atom. The lowest BCUT2D eigenvalue weighted by Gasteiger charge is -2.23. The number of carbonyl (C=O) groups excluding carboxylic acids is 1. The number of nitro groups is 1. The van der Waals surface area contributed by atoms with Gasteiger partial charge in [0.1, 0.15) is 5.60 Å². The quantitative estimate of drug-likeness (QED) is 0.485. The van der Waals surface area contributed by atoms with Crippen molar-refractivity contribution in [3.8, 4) is 0 Å². The molecule has 2 aromatic carbocycles. The van der Waals surface area contributed by atoms with Gasteiger partial charge in [-0.05, 0) is 24.6 Å². The first-order valence-electron chi connectivity index (χ1n) is 7.37. The number of para-hydroxylation sites is 1. The zero-order valence-corrected chi connectivity index (χ0v) is 13.2. The average Bonchev–Trinajstić information content (AvgIpc) is 2.59. The number of rotatable bonds is 6. The summed E-state index contributed by atoms with van der Waals surface area (Å²) in [6.07, 6.45) is 2.59. The molecule has 24 heavy (non-hydrogen) atoms. The minimum absolute atomic E-state index is 0.0249. The highest BCUT2D eigenvalue weighted by atomic mass is 16.6. The number of aliphatic hydroxyl groups is 1. The van der Waals surface area contributed by atoms with Gasteiger partial charge in [0.2, 0.25) is 5.91 Å². The molecule has 0 radical (unpaired) electrons. The lowest BCUT2D eigenvalue weighted by molar-refractivity contribution is -0.385. The third-order valence-electron chi connectivity index (χ3n) is 3.55. The second kappa shape index (κ2) is 7.52. The van der Waals surface area contributed by atoms with Crippen LogP contribution in [0.25, 0.3) is 6.08 Å². The molecule has 1 atom stereocenters. The van der Waals surface area contributed by atoms with Crippen molar-refractivity contribution in [3.63, 3.8) is 0 Å². The van der Waals surface area contributed by atoms with Gasteiger partial charge in [0.05, 0.1) is 17.0 Å². The van der Waals surface area contributed by atoms with Crippen molar-refractivity contribution in [3.05, 3.63) is 81.9 Å². The first-order valence-corrected chi connectivity index (χ1v) is 7.37. The van der Waals surface area contributed by atoms with Gasteiger partial charge < -0.3 is 10.4 Å².